The van der Waals surface area contributed by atoms with E-state index in [2.05, 4.69) is 5.32 Å². The van der Waals surface area contributed by atoms with Crippen molar-refractivity contribution in [2.24, 2.45) is 11.8 Å². The molecule has 0 spiro atoms. The van der Waals surface area contributed by atoms with E-state index in [1.165, 1.54) is 29.1 Å². The third-order valence-corrected chi connectivity index (χ3v) is 6.68. The zero-order valence-corrected chi connectivity index (χ0v) is 17.9. The van der Waals surface area contributed by atoms with Gasteiger partial charge in [-0.3, -0.25) is 9.59 Å². The molecule has 2 aliphatic rings. The lowest BCUT2D eigenvalue weighted by Gasteiger charge is -2.22. The van der Waals surface area contributed by atoms with Crippen LogP contribution < -0.4 is 23.5 Å². The highest BCUT2D eigenvalue weighted by Gasteiger charge is 2.30. The highest BCUT2D eigenvalue weighted by molar-refractivity contribution is 7.16. The van der Waals surface area contributed by atoms with Crippen LogP contribution in [-0.2, 0) is 29.0 Å². The summed E-state index contributed by atoms with van der Waals surface area (Å²) in [4.78, 5) is 26.1. The van der Waals surface area contributed by atoms with Crippen LogP contribution in [0, 0.1) is 11.8 Å². The Morgan fingerprint density at radius 1 is 1.14 bits per heavy atom. The van der Waals surface area contributed by atoms with Crippen molar-refractivity contribution in [1.82, 2.24) is 5.32 Å². The minimum atomic E-state index is -0.180. The van der Waals surface area contributed by atoms with Crippen molar-refractivity contribution >= 4 is 28.2 Å². The molecule has 1 atom stereocenters. The third kappa shape index (κ3) is 5.52. The van der Waals surface area contributed by atoms with Gasteiger partial charge in [0.15, 0.2) is 0 Å². The van der Waals surface area contributed by atoms with Gasteiger partial charge < -0.3 is 28.2 Å². The summed E-state index contributed by atoms with van der Waals surface area (Å²) in [7, 11) is 0. The molecule has 3 N–H and O–H groups in total. The minimum Gasteiger partial charge on any atom is -1.00 e. The number of carbonyl (C=O) groups is 2. The molecule has 1 aromatic heterocycles. The van der Waals surface area contributed by atoms with Crippen LogP contribution in [0.2, 0.25) is 0 Å². The Labute approximate surface area is 181 Å². The highest BCUT2D eigenvalue weighted by atomic mass is 35.5. The van der Waals surface area contributed by atoms with Gasteiger partial charge in [-0.2, -0.15) is 0 Å². The molecular weight excluding hydrogens is 408 g/mol. The minimum absolute atomic E-state index is 0. The van der Waals surface area contributed by atoms with Crippen LogP contribution >= 0.6 is 11.3 Å². The summed E-state index contributed by atoms with van der Waals surface area (Å²) >= 11 is 1.52. The van der Waals surface area contributed by atoms with Crippen LogP contribution in [-0.4, -0.2) is 18.4 Å². The maximum Gasteiger partial charge on any atom is 0.306 e. The molecule has 0 radical (unpaired) electrons. The maximum absolute atomic E-state index is 12.6. The third-order valence-electron chi connectivity index (χ3n) is 5.56. The predicted octanol–water partition coefficient (Wildman–Crippen LogP) is 0.712. The Balaban J connectivity index is 0.00000240. The Hall–Kier alpha value is -2.05. The van der Waals surface area contributed by atoms with Crippen molar-refractivity contribution in [2.45, 2.75) is 45.1 Å². The SMILES string of the molecule is Nc1sc2c(c1C(=O)NCC1CC1)C[C@@H](CC(=O)OCc1ccccc1)CC2.[Cl-]. The van der Waals surface area contributed by atoms with E-state index in [1.807, 2.05) is 30.3 Å². The standard InChI is InChI=1S/C22H26N2O3S.ClH/c23-21-20(22(26)24-12-14-6-7-14)17-10-16(8-9-18(17)28-21)11-19(25)27-13-15-4-2-1-3-5-15;/h1-5,14,16H,6-13,23H2,(H,24,26);1H/p-1/t16-;/m0./s1. The normalized spacial score (nSPS) is 17.7. The molecule has 4 rings (SSSR count). The first-order chi connectivity index (χ1) is 13.6. The molecule has 0 aliphatic heterocycles. The average molecular weight is 434 g/mol. The highest BCUT2D eigenvalue weighted by Crippen LogP contribution is 2.39. The lowest BCUT2D eigenvalue weighted by Crippen LogP contribution is -3.00. The van der Waals surface area contributed by atoms with E-state index in [0.717, 1.165) is 36.9 Å². The monoisotopic (exact) mass is 433 g/mol. The summed E-state index contributed by atoms with van der Waals surface area (Å²) in [6.07, 6.45) is 5.30. The fourth-order valence-corrected chi connectivity index (χ4v) is 4.89. The smallest absolute Gasteiger partial charge is 0.306 e. The number of hydrogen-bond donors (Lipinski definition) is 2. The van der Waals surface area contributed by atoms with E-state index in [9.17, 15) is 9.59 Å². The number of hydrogen-bond acceptors (Lipinski definition) is 5. The molecule has 7 heteroatoms. The van der Waals surface area contributed by atoms with Crippen molar-refractivity contribution in [3.63, 3.8) is 0 Å². The Morgan fingerprint density at radius 2 is 1.90 bits per heavy atom. The van der Waals surface area contributed by atoms with Crippen LogP contribution in [0.5, 0.6) is 0 Å². The molecule has 2 aromatic rings. The van der Waals surface area contributed by atoms with Crippen LogP contribution in [0.4, 0.5) is 5.00 Å². The largest absolute Gasteiger partial charge is 1.00 e. The van der Waals surface area contributed by atoms with Crippen LogP contribution in [0.25, 0.3) is 0 Å². The van der Waals surface area contributed by atoms with Crippen LogP contribution in [0.15, 0.2) is 30.3 Å². The first-order valence-corrected chi connectivity index (χ1v) is 10.8. The number of nitrogen functional groups attached to an aromatic ring is 1. The zero-order valence-electron chi connectivity index (χ0n) is 16.3. The van der Waals surface area contributed by atoms with E-state index in [0.29, 0.717) is 29.5 Å². The van der Waals surface area contributed by atoms with E-state index in [4.69, 9.17) is 10.5 Å². The van der Waals surface area contributed by atoms with Gasteiger partial charge in [-0.25, -0.2) is 0 Å². The zero-order chi connectivity index (χ0) is 19.5. The first-order valence-electron chi connectivity index (χ1n) is 9.98. The van der Waals surface area contributed by atoms with Gasteiger partial charge in [-0.05, 0) is 55.1 Å². The average Bonchev–Trinajstić information content (AvgIpc) is 3.46. The van der Waals surface area contributed by atoms with Crippen LogP contribution in [0.3, 0.4) is 0 Å². The number of halogens is 1. The van der Waals surface area contributed by atoms with Crippen molar-refractivity contribution < 1.29 is 26.7 Å². The molecule has 29 heavy (non-hydrogen) atoms. The Morgan fingerprint density at radius 3 is 2.62 bits per heavy atom. The summed E-state index contributed by atoms with van der Waals surface area (Å²) in [6.45, 7) is 1.04. The quantitative estimate of drug-likeness (QED) is 0.630. The van der Waals surface area contributed by atoms with Gasteiger partial charge in [0.2, 0.25) is 0 Å². The van der Waals surface area contributed by atoms with Gasteiger partial charge in [0, 0.05) is 17.8 Å². The van der Waals surface area contributed by atoms with Crippen molar-refractivity contribution in [3.8, 4) is 0 Å². The summed E-state index contributed by atoms with van der Waals surface area (Å²) < 4.78 is 5.43. The second-order valence-corrected chi connectivity index (χ2v) is 8.99. The van der Waals surface area contributed by atoms with Crippen molar-refractivity contribution in [1.29, 1.82) is 0 Å². The lowest BCUT2D eigenvalue weighted by molar-refractivity contribution is -0.146. The van der Waals surface area contributed by atoms with Gasteiger partial charge in [0.05, 0.1) is 10.6 Å². The molecule has 1 aromatic carbocycles. The number of benzene rings is 1. The number of rotatable bonds is 7. The summed E-state index contributed by atoms with van der Waals surface area (Å²) in [5.74, 6) is 0.584. The number of fused-ring (bicyclic) bond motifs is 1. The second kappa shape index (κ2) is 9.63. The van der Waals surface area contributed by atoms with Crippen molar-refractivity contribution in [3.05, 3.63) is 51.9 Å². The molecule has 5 nitrogen and oxygen atoms in total. The molecule has 2 aliphatic carbocycles. The van der Waals surface area contributed by atoms with Gasteiger partial charge in [-0.1, -0.05) is 30.3 Å². The molecule has 1 amide bonds. The summed E-state index contributed by atoms with van der Waals surface area (Å²) in [5, 5.41) is 3.63. The molecule has 0 saturated heterocycles. The summed E-state index contributed by atoms with van der Waals surface area (Å²) in [6, 6.07) is 9.70. The van der Waals surface area contributed by atoms with Crippen LogP contribution in [0.1, 0.15) is 52.0 Å². The fourth-order valence-electron chi connectivity index (χ4n) is 3.78. The van der Waals surface area contributed by atoms with E-state index in [-0.39, 0.29) is 30.2 Å². The number of thiophene rings is 1. The number of ether oxygens (including phenoxy) is 1. The topological polar surface area (TPSA) is 81.4 Å². The van der Waals surface area contributed by atoms with Gasteiger partial charge in [-0.15, -0.1) is 11.3 Å². The maximum atomic E-state index is 12.6. The number of nitrogens with two attached hydrogens (primary N) is 1. The first kappa shape index (κ1) is 21.7. The van der Waals surface area contributed by atoms with Crippen molar-refractivity contribution in [2.75, 3.05) is 12.3 Å². The molecule has 0 bridgehead atoms. The predicted molar refractivity (Wildman–Crippen MR) is 110 cm³/mol. The molecule has 1 fully saturated rings. The molecule has 1 saturated carbocycles. The molecule has 1 heterocycles. The number of anilines is 1. The van der Waals surface area contributed by atoms with E-state index < -0.39 is 0 Å². The van der Waals surface area contributed by atoms with E-state index in [1.54, 1.807) is 0 Å². The summed E-state index contributed by atoms with van der Waals surface area (Å²) in [5.41, 5.74) is 8.84. The fraction of sp³-hybridized carbons (Fsp3) is 0.455. The molecule has 0 unspecified atom stereocenters. The Kier molecular flexibility index (Phi) is 7.19. The lowest BCUT2D eigenvalue weighted by atomic mass is 9.84. The number of amides is 1. The van der Waals surface area contributed by atoms with Gasteiger partial charge >= 0.3 is 5.97 Å². The Bertz CT molecular complexity index is 864. The molecular formula is C22H26ClN2O3S-. The molecule has 156 valence electrons. The number of aryl methyl sites for hydroxylation is 1. The van der Waals surface area contributed by atoms with Gasteiger partial charge in [0.25, 0.3) is 5.91 Å². The number of esters is 1. The second-order valence-electron chi connectivity index (χ2n) is 7.86. The number of carbonyl (C=O) groups excluding carboxylic acids is 2. The van der Waals surface area contributed by atoms with E-state index >= 15 is 0 Å². The number of nitrogens with one attached hydrogen (secondary N) is 1. The van der Waals surface area contributed by atoms with Gasteiger partial charge in [0.1, 0.15) is 6.61 Å².